The normalized spacial score (nSPS) is 31.5. The largest absolute Gasteiger partial charge is 0.311 e. The summed E-state index contributed by atoms with van der Waals surface area (Å²) in [5, 5.41) is 3.48. The van der Waals surface area contributed by atoms with Crippen LogP contribution in [0, 0.1) is 11.9 Å². The van der Waals surface area contributed by atoms with Crippen molar-refractivity contribution in [1.29, 1.82) is 0 Å². The maximum atomic E-state index is 13.5. The lowest BCUT2D eigenvalue weighted by molar-refractivity contribution is 0.0870. The number of pyridine rings is 1. The highest BCUT2D eigenvalue weighted by Crippen LogP contribution is 2.32. The van der Waals surface area contributed by atoms with Gasteiger partial charge in [-0.05, 0) is 37.8 Å². The average Bonchev–Trinajstić information content (AvgIpc) is 2.68. The van der Waals surface area contributed by atoms with Gasteiger partial charge in [0.05, 0.1) is 5.56 Å². The minimum absolute atomic E-state index is 0.0348. The molecule has 0 radical (unpaired) electrons. The molecule has 0 spiro atoms. The van der Waals surface area contributed by atoms with Gasteiger partial charge in [0, 0.05) is 24.2 Å². The number of ketones is 1. The Balaban J connectivity index is 1.81. The van der Waals surface area contributed by atoms with Crippen LogP contribution in [-0.2, 0) is 0 Å². The molecule has 1 aromatic rings. The first-order valence-corrected chi connectivity index (χ1v) is 6.15. The van der Waals surface area contributed by atoms with Crippen LogP contribution in [0.5, 0.6) is 0 Å². The molecule has 90 valence electrons. The summed E-state index contributed by atoms with van der Waals surface area (Å²) < 4.78 is 13.5. The van der Waals surface area contributed by atoms with E-state index < -0.39 is 5.95 Å². The molecule has 1 N–H and O–H groups in total. The summed E-state index contributed by atoms with van der Waals surface area (Å²) >= 11 is 0. The van der Waals surface area contributed by atoms with E-state index in [1.54, 1.807) is 6.07 Å². The third-order valence-electron chi connectivity index (χ3n) is 3.87. The second-order valence-electron chi connectivity index (χ2n) is 5.01. The predicted molar refractivity (Wildman–Crippen MR) is 61.2 cm³/mol. The van der Waals surface area contributed by atoms with Gasteiger partial charge in [0.1, 0.15) is 0 Å². The Morgan fingerprint density at radius 1 is 1.35 bits per heavy atom. The van der Waals surface area contributed by atoms with E-state index >= 15 is 0 Å². The quantitative estimate of drug-likeness (QED) is 0.628. The second-order valence-corrected chi connectivity index (χ2v) is 5.01. The van der Waals surface area contributed by atoms with Gasteiger partial charge in [-0.25, -0.2) is 4.98 Å². The maximum absolute atomic E-state index is 13.5. The summed E-state index contributed by atoms with van der Waals surface area (Å²) in [7, 11) is 0. The predicted octanol–water partition coefficient (Wildman–Crippen LogP) is 1.93. The number of Topliss-reactive ketones (excluding diaryl/α,β-unsaturated/α-hetero) is 1. The molecule has 2 aliphatic rings. The number of halogens is 1. The fraction of sp³-hybridized carbons (Fsp3) is 0.538. The zero-order valence-electron chi connectivity index (χ0n) is 9.53. The van der Waals surface area contributed by atoms with Gasteiger partial charge in [0.2, 0.25) is 5.95 Å². The lowest BCUT2D eigenvalue weighted by Gasteiger charge is -2.28. The van der Waals surface area contributed by atoms with E-state index in [0.717, 1.165) is 25.7 Å². The number of hydrogen-bond donors (Lipinski definition) is 1. The standard InChI is InChI=1S/C13H15FN2O/c14-13-11(2-1-5-15-13)12(17)8-6-9-3-4-10(7-8)16-9/h1-2,5,8-10,16H,3-4,6-7H2. The van der Waals surface area contributed by atoms with Crippen LogP contribution in [0.2, 0.25) is 0 Å². The van der Waals surface area contributed by atoms with Crippen molar-refractivity contribution in [3.05, 3.63) is 29.8 Å². The molecule has 2 unspecified atom stereocenters. The van der Waals surface area contributed by atoms with Gasteiger partial charge < -0.3 is 5.32 Å². The van der Waals surface area contributed by atoms with Gasteiger partial charge in [-0.3, -0.25) is 4.79 Å². The third-order valence-corrected chi connectivity index (χ3v) is 3.87. The van der Waals surface area contributed by atoms with Crippen molar-refractivity contribution in [2.75, 3.05) is 0 Å². The molecular formula is C13H15FN2O. The van der Waals surface area contributed by atoms with Gasteiger partial charge in [-0.1, -0.05) is 0 Å². The molecule has 1 aromatic heterocycles. The summed E-state index contributed by atoms with van der Waals surface area (Å²) in [6.07, 6.45) is 5.33. The van der Waals surface area contributed by atoms with Crippen molar-refractivity contribution < 1.29 is 9.18 Å². The third kappa shape index (κ3) is 1.97. The summed E-state index contributed by atoms with van der Waals surface area (Å²) in [4.78, 5) is 15.8. The molecule has 0 aliphatic carbocycles. The summed E-state index contributed by atoms with van der Waals surface area (Å²) in [5.74, 6) is -0.746. The van der Waals surface area contributed by atoms with Crippen molar-refractivity contribution >= 4 is 5.78 Å². The molecule has 3 rings (SSSR count). The summed E-state index contributed by atoms with van der Waals surface area (Å²) in [5.41, 5.74) is 0.152. The number of aromatic nitrogens is 1. The number of rotatable bonds is 2. The number of nitrogens with one attached hydrogen (secondary N) is 1. The molecule has 17 heavy (non-hydrogen) atoms. The number of nitrogens with zero attached hydrogens (tertiary/aromatic N) is 1. The smallest absolute Gasteiger partial charge is 0.223 e. The Hall–Kier alpha value is -1.29. The number of fused-ring (bicyclic) bond motifs is 2. The van der Waals surface area contributed by atoms with Crippen molar-refractivity contribution in [3.63, 3.8) is 0 Å². The first kappa shape index (κ1) is 10.8. The number of hydrogen-bond acceptors (Lipinski definition) is 3. The highest BCUT2D eigenvalue weighted by Gasteiger charge is 2.37. The molecule has 0 saturated carbocycles. The van der Waals surface area contributed by atoms with Crippen LogP contribution in [0.15, 0.2) is 18.3 Å². The number of carbonyl (C=O) groups is 1. The first-order valence-electron chi connectivity index (χ1n) is 6.15. The fourth-order valence-electron chi connectivity index (χ4n) is 3.06. The van der Waals surface area contributed by atoms with Crippen molar-refractivity contribution in [1.82, 2.24) is 10.3 Å². The number of carbonyl (C=O) groups excluding carboxylic acids is 1. The SMILES string of the molecule is O=C(c1cccnc1F)C1CC2CCC(C1)N2. The van der Waals surface area contributed by atoms with Gasteiger partial charge in [-0.2, -0.15) is 4.39 Å². The zero-order valence-corrected chi connectivity index (χ0v) is 9.53. The Morgan fingerprint density at radius 2 is 2.06 bits per heavy atom. The highest BCUT2D eigenvalue weighted by atomic mass is 19.1. The van der Waals surface area contributed by atoms with E-state index in [4.69, 9.17) is 0 Å². The molecule has 4 heteroatoms. The molecular weight excluding hydrogens is 219 g/mol. The van der Waals surface area contributed by atoms with Crippen molar-refractivity contribution in [2.45, 2.75) is 37.8 Å². The lowest BCUT2D eigenvalue weighted by Crippen LogP contribution is -2.40. The Labute approximate surface area is 99.4 Å². The molecule has 2 aliphatic heterocycles. The molecule has 2 bridgehead atoms. The number of piperidine rings is 1. The van der Waals surface area contributed by atoms with Crippen LogP contribution in [0.1, 0.15) is 36.0 Å². The first-order chi connectivity index (χ1) is 8.24. The fourth-order valence-corrected chi connectivity index (χ4v) is 3.06. The summed E-state index contributed by atoms with van der Waals surface area (Å²) in [6.45, 7) is 0. The molecule has 3 heterocycles. The molecule has 0 aromatic carbocycles. The summed E-state index contributed by atoms with van der Waals surface area (Å²) in [6, 6.07) is 4.05. The topological polar surface area (TPSA) is 42.0 Å². The Bertz CT molecular complexity index is 437. The van der Waals surface area contributed by atoms with E-state index in [2.05, 4.69) is 10.3 Å². The maximum Gasteiger partial charge on any atom is 0.223 e. The van der Waals surface area contributed by atoms with Gasteiger partial charge in [0.15, 0.2) is 5.78 Å². The van der Waals surface area contributed by atoms with Crippen LogP contribution in [0.3, 0.4) is 0 Å². The Morgan fingerprint density at radius 3 is 2.71 bits per heavy atom. The minimum Gasteiger partial charge on any atom is -0.311 e. The van der Waals surface area contributed by atoms with Crippen LogP contribution in [0.4, 0.5) is 4.39 Å². The van der Waals surface area contributed by atoms with E-state index in [9.17, 15) is 9.18 Å². The van der Waals surface area contributed by atoms with E-state index in [1.807, 2.05) is 0 Å². The molecule has 3 nitrogen and oxygen atoms in total. The second kappa shape index (κ2) is 4.18. The van der Waals surface area contributed by atoms with Gasteiger partial charge in [0.25, 0.3) is 0 Å². The van der Waals surface area contributed by atoms with E-state index in [-0.39, 0.29) is 17.3 Å². The van der Waals surface area contributed by atoms with Crippen molar-refractivity contribution in [2.24, 2.45) is 5.92 Å². The van der Waals surface area contributed by atoms with Gasteiger partial charge >= 0.3 is 0 Å². The van der Waals surface area contributed by atoms with Crippen molar-refractivity contribution in [3.8, 4) is 0 Å². The van der Waals surface area contributed by atoms with E-state index in [1.165, 1.54) is 12.3 Å². The monoisotopic (exact) mass is 234 g/mol. The molecule has 0 amide bonds. The van der Waals surface area contributed by atoms with Crippen LogP contribution < -0.4 is 5.32 Å². The minimum atomic E-state index is -0.636. The highest BCUT2D eigenvalue weighted by molar-refractivity contribution is 5.97. The van der Waals surface area contributed by atoms with Crippen LogP contribution in [-0.4, -0.2) is 22.9 Å². The van der Waals surface area contributed by atoms with Crippen LogP contribution in [0.25, 0.3) is 0 Å². The Kier molecular flexibility index (Phi) is 2.67. The van der Waals surface area contributed by atoms with Crippen LogP contribution >= 0.6 is 0 Å². The molecule has 2 atom stereocenters. The zero-order chi connectivity index (χ0) is 11.8. The molecule has 2 saturated heterocycles. The van der Waals surface area contributed by atoms with Gasteiger partial charge in [-0.15, -0.1) is 0 Å². The average molecular weight is 234 g/mol. The lowest BCUT2D eigenvalue weighted by atomic mass is 9.86. The van der Waals surface area contributed by atoms with E-state index in [0.29, 0.717) is 12.1 Å². The molecule has 2 fully saturated rings.